The van der Waals surface area contributed by atoms with Gasteiger partial charge in [0.25, 0.3) is 0 Å². The second-order valence-corrected chi connectivity index (χ2v) is 7.13. The summed E-state index contributed by atoms with van der Waals surface area (Å²) >= 11 is 0. The highest BCUT2D eigenvalue weighted by molar-refractivity contribution is 5.02. The Morgan fingerprint density at radius 1 is 1.11 bits per heavy atom. The quantitative estimate of drug-likeness (QED) is 0.796. The molecule has 0 spiro atoms. The predicted molar refractivity (Wildman–Crippen MR) is 72.1 cm³/mol. The zero-order chi connectivity index (χ0) is 12.1. The van der Waals surface area contributed by atoms with E-state index in [-0.39, 0.29) is 0 Å². The van der Waals surface area contributed by atoms with Crippen LogP contribution in [0.2, 0.25) is 0 Å². The third kappa shape index (κ3) is 1.72. The summed E-state index contributed by atoms with van der Waals surface area (Å²) in [5.41, 5.74) is 1.42. The molecule has 0 aliphatic heterocycles. The number of aromatic nitrogens is 2. The van der Waals surface area contributed by atoms with E-state index in [0.29, 0.717) is 0 Å². The first-order valence-electron chi connectivity index (χ1n) is 7.75. The Kier molecular flexibility index (Phi) is 2.53. The minimum atomic E-state index is 1.03. The van der Waals surface area contributed by atoms with Crippen molar-refractivity contribution in [2.45, 2.75) is 44.9 Å². The average Bonchev–Trinajstić information content (AvgIpc) is 2.73. The molecule has 0 unspecified atom stereocenters. The molecule has 4 saturated carbocycles. The molecular weight excluding hydrogens is 220 g/mol. The van der Waals surface area contributed by atoms with Crippen LogP contribution in [0.3, 0.4) is 0 Å². The van der Waals surface area contributed by atoms with E-state index in [0.717, 1.165) is 29.6 Å². The molecule has 1 aromatic heterocycles. The van der Waals surface area contributed by atoms with Crippen molar-refractivity contribution < 1.29 is 0 Å². The van der Waals surface area contributed by atoms with Crippen LogP contribution in [0.5, 0.6) is 0 Å². The third-order valence-electron chi connectivity index (χ3n) is 6.07. The van der Waals surface area contributed by atoms with E-state index in [1.54, 1.807) is 32.1 Å². The van der Waals surface area contributed by atoms with Crippen LogP contribution < -0.4 is 0 Å². The number of imidazole rings is 1. The topological polar surface area (TPSA) is 17.8 Å². The second-order valence-electron chi connectivity index (χ2n) is 7.13. The summed E-state index contributed by atoms with van der Waals surface area (Å²) in [6.45, 7) is 0. The van der Waals surface area contributed by atoms with Gasteiger partial charge in [-0.1, -0.05) is 0 Å². The predicted octanol–water partition coefficient (Wildman–Crippen LogP) is 3.43. The van der Waals surface area contributed by atoms with Gasteiger partial charge in [-0.05, 0) is 74.5 Å². The molecule has 2 heteroatoms. The monoisotopic (exact) mass is 244 g/mol. The summed E-state index contributed by atoms with van der Waals surface area (Å²) in [7, 11) is 2.12. The average molecular weight is 244 g/mol. The van der Waals surface area contributed by atoms with Crippen molar-refractivity contribution in [3.05, 3.63) is 18.2 Å². The molecule has 0 atom stereocenters. The molecule has 0 aromatic carbocycles. The molecule has 2 nitrogen and oxygen atoms in total. The standard InChI is InChI=1S/C16H24N2/c1-18-10-17-9-15(18)2-3-16-13-5-11-4-12(7-13)8-14(16)6-11/h9-14,16H,2-8H2,1H3. The van der Waals surface area contributed by atoms with Crippen LogP contribution in [-0.4, -0.2) is 9.55 Å². The Bertz CT molecular complexity index is 406. The minimum absolute atomic E-state index is 1.03. The lowest BCUT2D eigenvalue weighted by Crippen LogP contribution is -2.45. The van der Waals surface area contributed by atoms with Crippen molar-refractivity contribution in [3.63, 3.8) is 0 Å². The third-order valence-corrected chi connectivity index (χ3v) is 6.07. The first kappa shape index (κ1) is 11.1. The Balaban J connectivity index is 1.45. The number of hydrogen-bond acceptors (Lipinski definition) is 1. The fourth-order valence-electron chi connectivity index (χ4n) is 5.45. The van der Waals surface area contributed by atoms with Crippen LogP contribution in [0.4, 0.5) is 0 Å². The van der Waals surface area contributed by atoms with Crippen molar-refractivity contribution in [1.82, 2.24) is 9.55 Å². The minimum Gasteiger partial charge on any atom is -0.338 e. The van der Waals surface area contributed by atoms with E-state index in [2.05, 4.69) is 22.8 Å². The molecule has 0 saturated heterocycles. The van der Waals surface area contributed by atoms with Crippen LogP contribution in [-0.2, 0) is 13.5 Å². The van der Waals surface area contributed by atoms with E-state index in [1.807, 2.05) is 6.33 Å². The molecule has 4 aliphatic carbocycles. The molecule has 5 rings (SSSR count). The summed E-state index contributed by atoms with van der Waals surface area (Å²) in [4.78, 5) is 4.24. The molecule has 18 heavy (non-hydrogen) atoms. The molecule has 0 radical (unpaired) electrons. The van der Waals surface area contributed by atoms with Gasteiger partial charge in [-0.2, -0.15) is 0 Å². The highest BCUT2D eigenvalue weighted by Gasteiger charge is 2.47. The molecule has 4 fully saturated rings. The van der Waals surface area contributed by atoms with Gasteiger partial charge in [0.15, 0.2) is 0 Å². The van der Waals surface area contributed by atoms with Gasteiger partial charge < -0.3 is 4.57 Å². The largest absolute Gasteiger partial charge is 0.338 e. The van der Waals surface area contributed by atoms with Crippen LogP contribution >= 0.6 is 0 Å². The Hall–Kier alpha value is -0.790. The van der Waals surface area contributed by atoms with Gasteiger partial charge in [0.2, 0.25) is 0 Å². The maximum absolute atomic E-state index is 4.24. The van der Waals surface area contributed by atoms with E-state index in [4.69, 9.17) is 0 Å². The van der Waals surface area contributed by atoms with Crippen molar-refractivity contribution in [2.75, 3.05) is 0 Å². The Morgan fingerprint density at radius 2 is 1.78 bits per heavy atom. The van der Waals surface area contributed by atoms with Gasteiger partial charge in [0, 0.05) is 18.9 Å². The summed E-state index contributed by atoms with van der Waals surface area (Å²) in [5.74, 6) is 5.41. The van der Waals surface area contributed by atoms with Crippen LogP contribution in [0, 0.1) is 29.6 Å². The van der Waals surface area contributed by atoms with Gasteiger partial charge in [-0.3, -0.25) is 0 Å². The van der Waals surface area contributed by atoms with Crippen LogP contribution in [0.25, 0.3) is 0 Å². The summed E-state index contributed by atoms with van der Waals surface area (Å²) in [6, 6.07) is 0. The first-order valence-corrected chi connectivity index (χ1v) is 7.75. The number of rotatable bonds is 3. The molecule has 1 aromatic rings. The zero-order valence-electron chi connectivity index (χ0n) is 11.4. The lowest BCUT2D eigenvalue weighted by Gasteiger charge is -2.54. The normalized spacial score (nSPS) is 41.5. The Morgan fingerprint density at radius 3 is 2.33 bits per heavy atom. The number of hydrogen-bond donors (Lipinski definition) is 0. The fraction of sp³-hybridized carbons (Fsp3) is 0.812. The maximum Gasteiger partial charge on any atom is 0.0945 e. The fourth-order valence-corrected chi connectivity index (χ4v) is 5.45. The summed E-state index contributed by atoms with van der Waals surface area (Å²) in [6.07, 6.45) is 14.4. The number of aryl methyl sites for hydroxylation is 2. The van der Waals surface area contributed by atoms with Crippen LogP contribution in [0.15, 0.2) is 12.5 Å². The lowest BCUT2D eigenvalue weighted by atomic mass is 9.51. The van der Waals surface area contributed by atoms with Gasteiger partial charge in [-0.15, -0.1) is 0 Å². The van der Waals surface area contributed by atoms with E-state index < -0.39 is 0 Å². The van der Waals surface area contributed by atoms with E-state index in [9.17, 15) is 0 Å². The maximum atomic E-state index is 4.24. The molecule has 98 valence electrons. The SMILES string of the molecule is Cn1cncc1CCC1C2CC3CC(C2)CC1C3. The van der Waals surface area contributed by atoms with Crippen molar-refractivity contribution in [2.24, 2.45) is 36.6 Å². The molecule has 4 aliphatic rings. The van der Waals surface area contributed by atoms with Gasteiger partial charge in [0.05, 0.1) is 6.33 Å². The smallest absolute Gasteiger partial charge is 0.0945 e. The molecule has 0 N–H and O–H groups in total. The molecule has 1 heterocycles. The van der Waals surface area contributed by atoms with Crippen molar-refractivity contribution in [1.29, 1.82) is 0 Å². The highest BCUT2D eigenvalue weighted by atomic mass is 15.0. The highest BCUT2D eigenvalue weighted by Crippen LogP contribution is 2.57. The summed E-state index contributed by atoms with van der Waals surface area (Å²) < 4.78 is 2.19. The molecular formula is C16H24N2. The molecule has 0 amide bonds. The van der Waals surface area contributed by atoms with E-state index >= 15 is 0 Å². The van der Waals surface area contributed by atoms with Gasteiger partial charge in [-0.25, -0.2) is 4.98 Å². The first-order chi connectivity index (χ1) is 8.79. The van der Waals surface area contributed by atoms with Crippen LogP contribution in [0.1, 0.15) is 44.2 Å². The Labute approximate surface area is 110 Å². The molecule has 4 bridgehead atoms. The van der Waals surface area contributed by atoms with Gasteiger partial charge in [0.1, 0.15) is 0 Å². The lowest BCUT2D eigenvalue weighted by molar-refractivity contribution is -0.0395. The van der Waals surface area contributed by atoms with E-state index in [1.165, 1.54) is 18.5 Å². The van der Waals surface area contributed by atoms with Crippen molar-refractivity contribution >= 4 is 0 Å². The second kappa shape index (κ2) is 4.11. The van der Waals surface area contributed by atoms with Crippen molar-refractivity contribution in [3.8, 4) is 0 Å². The summed E-state index contributed by atoms with van der Waals surface area (Å²) in [5, 5.41) is 0. The van der Waals surface area contributed by atoms with Gasteiger partial charge >= 0.3 is 0 Å². The number of nitrogens with zero attached hydrogens (tertiary/aromatic N) is 2. The zero-order valence-corrected chi connectivity index (χ0v) is 11.4.